The van der Waals surface area contributed by atoms with E-state index in [1.807, 2.05) is 0 Å². The summed E-state index contributed by atoms with van der Waals surface area (Å²) in [7, 11) is -3.54. The molecular formula is C23H41IN2O10S2. The SMILES string of the molecule is CC(=O)Nc1nc(S(=O)(=O)CCCOCCOCCOCCOCCOCCOCCOCCI)c(C)s1. The quantitative estimate of drug-likeness (QED) is 0.0866. The number of sulfone groups is 1. The Morgan fingerprint density at radius 2 is 1.16 bits per heavy atom. The second kappa shape index (κ2) is 23.2. The Balaban J connectivity index is 1.85. The average molecular weight is 697 g/mol. The van der Waals surface area contributed by atoms with Gasteiger partial charge in [-0.15, -0.1) is 11.3 Å². The Hall–Kier alpha value is -0.500. The van der Waals surface area contributed by atoms with Crippen LogP contribution in [0, 0.1) is 6.92 Å². The van der Waals surface area contributed by atoms with E-state index in [0.717, 1.165) is 22.4 Å². The zero-order valence-electron chi connectivity index (χ0n) is 22.2. The van der Waals surface area contributed by atoms with Gasteiger partial charge in [0.05, 0.1) is 91.6 Å². The molecule has 1 rings (SSSR count). The van der Waals surface area contributed by atoms with Crippen LogP contribution in [-0.2, 0) is 47.8 Å². The number of rotatable bonds is 26. The number of thiazole rings is 1. The zero-order chi connectivity index (χ0) is 27.9. The molecule has 15 heteroatoms. The number of aryl methyl sites for hydroxylation is 1. The number of anilines is 1. The minimum atomic E-state index is -3.54. The van der Waals surface area contributed by atoms with Crippen LogP contribution >= 0.6 is 33.9 Å². The van der Waals surface area contributed by atoms with Gasteiger partial charge in [-0.05, 0) is 13.3 Å². The number of amides is 1. The first-order chi connectivity index (χ1) is 18.4. The molecule has 0 radical (unpaired) electrons. The van der Waals surface area contributed by atoms with Crippen molar-refractivity contribution in [3.05, 3.63) is 4.88 Å². The lowest BCUT2D eigenvalue weighted by Crippen LogP contribution is -2.15. The lowest BCUT2D eigenvalue weighted by atomic mass is 10.5. The lowest BCUT2D eigenvalue weighted by molar-refractivity contribution is -0.114. The summed E-state index contributed by atoms with van der Waals surface area (Å²) in [4.78, 5) is 15.7. The molecule has 1 aromatic heterocycles. The van der Waals surface area contributed by atoms with Crippen LogP contribution < -0.4 is 5.32 Å². The predicted octanol–water partition coefficient (Wildman–Crippen LogP) is 2.12. The van der Waals surface area contributed by atoms with E-state index in [1.165, 1.54) is 6.92 Å². The molecule has 222 valence electrons. The second-order valence-electron chi connectivity index (χ2n) is 7.71. The third kappa shape index (κ3) is 18.7. The molecule has 1 N–H and O–H groups in total. The summed E-state index contributed by atoms with van der Waals surface area (Å²) in [5.41, 5.74) is 0. The standard InChI is InChI=1S/C23H41IN2O10S2/c1-20-22(26-23(37-20)25-21(2)27)38(28,29)19-3-5-30-7-9-32-11-13-34-15-17-36-18-16-35-14-12-33-10-8-31-6-4-24/h3-19H2,1-2H3,(H,25,26,27). The highest BCUT2D eigenvalue weighted by Gasteiger charge is 2.22. The number of hydrogen-bond donors (Lipinski definition) is 1. The number of halogens is 1. The molecule has 12 nitrogen and oxygen atoms in total. The van der Waals surface area contributed by atoms with Crippen molar-refractivity contribution in [1.82, 2.24) is 4.98 Å². The third-order valence-corrected chi connectivity index (χ3v) is 7.76. The van der Waals surface area contributed by atoms with Crippen LogP contribution in [0.1, 0.15) is 18.2 Å². The van der Waals surface area contributed by atoms with Crippen LogP contribution in [0.15, 0.2) is 5.03 Å². The molecule has 0 unspecified atom stereocenters. The maximum Gasteiger partial charge on any atom is 0.223 e. The van der Waals surface area contributed by atoms with Crippen LogP contribution in [0.4, 0.5) is 5.13 Å². The van der Waals surface area contributed by atoms with Crippen molar-refractivity contribution < 1.29 is 46.4 Å². The molecule has 1 amide bonds. The summed E-state index contributed by atoms with van der Waals surface area (Å²) in [5.74, 6) is -0.374. The van der Waals surface area contributed by atoms with E-state index in [0.29, 0.717) is 97.2 Å². The van der Waals surface area contributed by atoms with Gasteiger partial charge >= 0.3 is 0 Å². The number of carbonyl (C=O) groups excluding carboxylic acids is 1. The summed E-state index contributed by atoms with van der Waals surface area (Å²) < 4.78 is 63.8. The van der Waals surface area contributed by atoms with Crippen LogP contribution in [-0.4, -0.2) is 122 Å². The first-order valence-electron chi connectivity index (χ1n) is 12.4. The Bertz CT molecular complexity index is 842. The van der Waals surface area contributed by atoms with E-state index in [4.69, 9.17) is 33.2 Å². The molecule has 38 heavy (non-hydrogen) atoms. The van der Waals surface area contributed by atoms with Gasteiger partial charge in [-0.3, -0.25) is 4.79 Å². The summed E-state index contributed by atoms with van der Waals surface area (Å²) in [5, 5.41) is 2.81. The van der Waals surface area contributed by atoms with E-state index >= 15 is 0 Å². The molecular weight excluding hydrogens is 655 g/mol. The average Bonchev–Trinajstić information content (AvgIpc) is 3.24. The van der Waals surface area contributed by atoms with Crippen molar-refractivity contribution in [2.75, 3.05) is 108 Å². The summed E-state index contributed by atoms with van der Waals surface area (Å²) in [6, 6.07) is 0. The maximum atomic E-state index is 12.5. The molecule has 0 saturated carbocycles. The number of nitrogens with zero attached hydrogens (tertiary/aromatic N) is 1. The first kappa shape index (κ1) is 35.5. The normalized spacial score (nSPS) is 11.8. The molecule has 0 fully saturated rings. The van der Waals surface area contributed by atoms with Gasteiger partial charge in [0.15, 0.2) is 20.0 Å². The van der Waals surface area contributed by atoms with E-state index in [1.54, 1.807) is 6.92 Å². The number of alkyl halides is 1. The molecule has 1 aromatic rings. The van der Waals surface area contributed by atoms with Gasteiger partial charge in [0.1, 0.15) is 0 Å². The van der Waals surface area contributed by atoms with E-state index in [2.05, 4.69) is 32.9 Å². The van der Waals surface area contributed by atoms with Gasteiger partial charge < -0.3 is 38.5 Å². The van der Waals surface area contributed by atoms with Gasteiger partial charge in [0, 0.05) is 22.8 Å². The fourth-order valence-corrected chi connectivity index (χ4v) is 5.79. The Morgan fingerprint density at radius 1 is 0.763 bits per heavy atom. The Morgan fingerprint density at radius 3 is 1.55 bits per heavy atom. The van der Waals surface area contributed by atoms with E-state index < -0.39 is 9.84 Å². The highest BCUT2D eigenvalue weighted by Crippen LogP contribution is 2.26. The molecule has 0 atom stereocenters. The highest BCUT2D eigenvalue weighted by molar-refractivity contribution is 14.1. The number of hydrogen-bond acceptors (Lipinski definition) is 12. The predicted molar refractivity (Wildman–Crippen MR) is 152 cm³/mol. The molecule has 0 aliphatic rings. The topological polar surface area (TPSA) is 141 Å². The highest BCUT2D eigenvalue weighted by atomic mass is 127. The van der Waals surface area contributed by atoms with Crippen molar-refractivity contribution in [3.63, 3.8) is 0 Å². The zero-order valence-corrected chi connectivity index (χ0v) is 26.0. The van der Waals surface area contributed by atoms with Crippen molar-refractivity contribution in [2.45, 2.75) is 25.3 Å². The molecule has 0 aromatic carbocycles. The summed E-state index contributed by atoms with van der Waals surface area (Å²) in [6.07, 6.45) is 0.338. The second-order valence-corrected chi connectivity index (χ2v) is 12.0. The van der Waals surface area contributed by atoms with Crippen molar-refractivity contribution in [2.24, 2.45) is 0 Å². The largest absolute Gasteiger partial charge is 0.379 e. The fourth-order valence-electron chi connectivity index (χ4n) is 2.80. The Labute approximate surface area is 243 Å². The minimum Gasteiger partial charge on any atom is -0.379 e. The molecule has 0 bridgehead atoms. The smallest absolute Gasteiger partial charge is 0.223 e. The lowest BCUT2D eigenvalue weighted by Gasteiger charge is -2.08. The van der Waals surface area contributed by atoms with E-state index in [9.17, 15) is 13.2 Å². The van der Waals surface area contributed by atoms with Gasteiger partial charge in [-0.2, -0.15) is 0 Å². The minimum absolute atomic E-state index is 0.0123. The summed E-state index contributed by atoms with van der Waals surface area (Å²) in [6.45, 7) is 9.92. The molecule has 0 spiro atoms. The van der Waals surface area contributed by atoms with Crippen molar-refractivity contribution in [3.8, 4) is 0 Å². The molecule has 1 heterocycles. The number of aromatic nitrogens is 1. The number of nitrogens with one attached hydrogen (secondary N) is 1. The maximum absolute atomic E-state index is 12.5. The molecule has 0 aliphatic carbocycles. The van der Waals surface area contributed by atoms with Crippen LogP contribution in [0.5, 0.6) is 0 Å². The third-order valence-electron chi connectivity index (χ3n) is 4.49. The van der Waals surface area contributed by atoms with Crippen molar-refractivity contribution >= 4 is 54.8 Å². The van der Waals surface area contributed by atoms with Crippen LogP contribution in [0.2, 0.25) is 0 Å². The fraction of sp³-hybridized carbons (Fsp3) is 0.826. The van der Waals surface area contributed by atoms with Gasteiger partial charge in [-0.1, -0.05) is 22.6 Å². The van der Waals surface area contributed by atoms with Gasteiger partial charge in [0.2, 0.25) is 5.91 Å². The molecule has 0 saturated heterocycles. The summed E-state index contributed by atoms with van der Waals surface area (Å²) >= 11 is 3.40. The first-order valence-corrected chi connectivity index (χ1v) is 16.4. The number of carbonyl (C=O) groups is 1. The molecule has 0 aliphatic heterocycles. The van der Waals surface area contributed by atoms with Crippen LogP contribution in [0.3, 0.4) is 0 Å². The Kier molecular flexibility index (Phi) is 21.7. The van der Waals surface area contributed by atoms with Gasteiger partial charge in [-0.25, -0.2) is 13.4 Å². The van der Waals surface area contributed by atoms with Gasteiger partial charge in [0.25, 0.3) is 0 Å². The monoisotopic (exact) mass is 696 g/mol. The number of ether oxygens (including phenoxy) is 7. The van der Waals surface area contributed by atoms with Crippen LogP contribution in [0.25, 0.3) is 0 Å². The van der Waals surface area contributed by atoms with Crippen molar-refractivity contribution in [1.29, 1.82) is 0 Å². The van der Waals surface area contributed by atoms with E-state index in [-0.39, 0.29) is 21.8 Å².